The first kappa shape index (κ1) is 11.2. The third kappa shape index (κ3) is 1.87. The molecule has 1 amide bonds. The van der Waals surface area contributed by atoms with Crippen LogP contribution in [0.1, 0.15) is 11.1 Å². The van der Waals surface area contributed by atoms with Gasteiger partial charge in [0, 0.05) is 17.3 Å². The quantitative estimate of drug-likeness (QED) is 0.784. The van der Waals surface area contributed by atoms with Crippen LogP contribution >= 0.6 is 0 Å². The lowest BCUT2D eigenvalue weighted by atomic mass is 10.0. The van der Waals surface area contributed by atoms with Crippen LogP contribution in [-0.4, -0.2) is 16.1 Å². The van der Waals surface area contributed by atoms with Crippen LogP contribution in [0.25, 0.3) is 11.3 Å². The minimum atomic E-state index is -0.418. The summed E-state index contributed by atoms with van der Waals surface area (Å²) in [6, 6.07) is 8.48. The van der Waals surface area contributed by atoms with Gasteiger partial charge >= 0.3 is 0 Å². The highest BCUT2D eigenvalue weighted by atomic mass is 16.1. The number of carbonyl (C=O) groups excluding carboxylic acids is 1. The Hall–Kier alpha value is -2.94. The van der Waals surface area contributed by atoms with Gasteiger partial charge in [-0.05, 0) is 17.7 Å². The number of carbonyl (C=O) groups is 1. The van der Waals surface area contributed by atoms with Crippen LogP contribution in [-0.2, 0) is 11.2 Å². The van der Waals surface area contributed by atoms with E-state index in [0.717, 1.165) is 11.3 Å². The Bertz CT molecular complexity index is 786. The summed E-state index contributed by atoms with van der Waals surface area (Å²) in [5, 5.41) is 18.0. The summed E-state index contributed by atoms with van der Waals surface area (Å²) >= 11 is 0. The molecule has 0 radical (unpaired) electrons. The Kier molecular flexibility index (Phi) is 2.39. The number of aromatic amines is 1. The SMILES string of the molecule is N#Cc1cc(=O)[nH]nc1-c1ccc2c(c1)CC(=O)N2. The molecule has 2 N–H and O–H groups in total. The van der Waals surface area contributed by atoms with Gasteiger partial charge in [-0.2, -0.15) is 10.4 Å². The van der Waals surface area contributed by atoms with Gasteiger partial charge in [0.05, 0.1) is 12.0 Å². The molecular weight excluding hydrogens is 244 g/mol. The normalized spacial score (nSPS) is 12.7. The van der Waals surface area contributed by atoms with Crippen LogP contribution in [0, 0.1) is 11.3 Å². The first-order valence-electron chi connectivity index (χ1n) is 5.60. The number of nitrogens with one attached hydrogen (secondary N) is 2. The minimum absolute atomic E-state index is 0.0536. The predicted molar refractivity (Wildman–Crippen MR) is 67.3 cm³/mol. The number of hydrogen-bond acceptors (Lipinski definition) is 4. The van der Waals surface area contributed by atoms with E-state index in [2.05, 4.69) is 15.5 Å². The van der Waals surface area contributed by atoms with E-state index in [0.29, 0.717) is 17.7 Å². The van der Waals surface area contributed by atoms with Gasteiger partial charge in [0.25, 0.3) is 5.56 Å². The van der Waals surface area contributed by atoms with Crippen LogP contribution < -0.4 is 10.9 Å². The fraction of sp³-hybridized carbons (Fsp3) is 0.0769. The van der Waals surface area contributed by atoms with Gasteiger partial charge < -0.3 is 5.32 Å². The molecule has 92 valence electrons. The highest BCUT2D eigenvalue weighted by Gasteiger charge is 2.19. The molecule has 2 aromatic rings. The Labute approximate surface area is 107 Å². The van der Waals surface area contributed by atoms with Crippen molar-refractivity contribution in [2.24, 2.45) is 0 Å². The largest absolute Gasteiger partial charge is 0.326 e. The van der Waals surface area contributed by atoms with Gasteiger partial charge in [-0.1, -0.05) is 6.07 Å². The molecular formula is C13H8N4O2. The van der Waals surface area contributed by atoms with Crippen molar-refractivity contribution in [3.05, 3.63) is 45.7 Å². The molecule has 1 aliphatic heterocycles. The summed E-state index contributed by atoms with van der Waals surface area (Å²) in [5.74, 6) is -0.0536. The zero-order valence-corrected chi connectivity index (χ0v) is 9.73. The number of amides is 1. The summed E-state index contributed by atoms with van der Waals surface area (Å²) < 4.78 is 0. The van der Waals surface area contributed by atoms with E-state index in [1.165, 1.54) is 6.07 Å². The molecule has 6 nitrogen and oxygen atoms in total. The van der Waals surface area contributed by atoms with Crippen LogP contribution in [0.15, 0.2) is 29.1 Å². The van der Waals surface area contributed by atoms with Crippen molar-refractivity contribution < 1.29 is 4.79 Å². The predicted octanol–water partition coefficient (Wildman–Crippen LogP) is 0.803. The van der Waals surface area contributed by atoms with Crippen molar-refractivity contribution in [3.63, 3.8) is 0 Å². The molecule has 1 aromatic heterocycles. The van der Waals surface area contributed by atoms with E-state index in [9.17, 15) is 9.59 Å². The van der Waals surface area contributed by atoms with Gasteiger partial charge in [-0.3, -0.25) is 9.59 Å². The third-order valence-electron chi connectivity index (χ3n) is 2.93. The van der Waals surface area contributed by atoms with Crippen molar-refractivity contribution in [3.8, 4) is 17.3 Å². The van der Waals surface area contributed by atoms with E-state index in [-0.39, 0.29) is 11.5 Å². The fourth-order valence-corrected chi connectivity index (χ4v) is 2.08. The number of nitriles is 1. The summed E-state index contributed by atoms with van der Waals surface area (Å²) in [6.07, 6.45) is 0.314. The van der Waals surface area contributed by atoms with Crippen molar-refractivity contribution in [2.75, 3.05) is 5.32 Å². The molecule has 0 atom stereocenters. The summed E-state index contributed by atoms with van der Waals surface area (Å²) in [4.78, 5) is 22.4. The summed E-state index contributed by atoms with van der Waals surface area (Å²) in [5.41, 5.74) is 2.53. The second-order valence-corrected chi connectivity index (χ2v) is 4.20. The molecule has 2 heterocycles. The highest BCUT2D eigenvalue weighted by molar-refractivity contribution is 5.99. The van der Waals surface area contributed by atoms with Gasteiger partial charge in [0.2, 0.25) is 5.91 Å². The highest BCUT2D eigenvalue weighted by Crippen LogP contribution is 2.28. The molecule has 3 rings (SSSR count). The second-order valence-electron chi connectivity index (χ2n) is 4.20. The molecule has 19 heavy (non-hydrogen) atoms. The summed E-state index contributed by atoms with van der Waals surface area (Å²) in [6.45, 7) is 0. The molecule has 6 heteroatoms. The lowest BCUT2D eigenvalue weighted by Crippen LogP contribution is -2.08. The maximum Gasteiger partial charge on any atom is 0.265 e. The average Bonchev–Trinajstić information content (AvgIpc) is 2.77. The average molecular weight is 252 g/mol. The zero-order chi connectivity index (χ0) is 13.4. The van der Waals surface area contributed by atoms with E-state index in [4.69, 9.17) is 5.26 Å². The lowest BCUT2D eigenvalue weighted by Gasteiger charge is -2.04. The molecule has 0 saturated heterocycles. The van der Waals surface area contributed by atoms with Crippen molar-refractivity contribution in [1.29, 1.82) is 5.26 Å². The molecule has 1 aromatic carbocycles. The van der Waals surface area contributed by atoms with Crippen molar-refractivity contribution in [2.45, 2.75) is 6.42 Å². The van der Waals surface area contributed by atoms with Gasteiger partial charge in [-0.25, -0.2) is 5.10 Å². The Morgan fingerprint density at radius 1 is 1.26 bits per heavy atom. The smallest absolute Gasteiger partial charge is 0.265 e. The number of hydrogen-bond donors (Lipinski definition) is 2. The molecule has 0 bridgehead atoms. The van der Waals surface area contributed by atoms with Crippen molar-refractivity contribution >= 4 is 11.6 Å². The number of H-pyrrole nitrogens is 1. The molecule has 0 fully saturated rings. The number of anilines is 1. The number of rotatable bonds is 1. The molecule has 1 aliphatic rings. The van der Waals surface area contributed by atoms with Crippen LogP contribution in [0.3, 0.4) is 0 Å². The molecule has 0 unspecified atom stereocenters. The third-order valence-corrected chi connectivity index (χ3v) is 2.93. The standard InChI is InChI=1S/C13H8N4O2/c14-6-9-5-12(19)16-17-13(9)7-1-2-10-8(3-7)4-11(18)15-10/h1-3,5H,4H2,(H,15,18)(H,16,19). The monoisotopic (exact) mass is 252 g/mol. The van der Waals surface area contributed by atoms with E-state index >= 15 is 0 Å². The maximum atomic E-state index is 11.3. The van der Waals surface area contributed by atoms with Gasteiger partial charge in [0.15, 0.2) is 0 Å². The van der Waals surface area contributed by atoms with Gasteiger partial charge in [-0.15, -0.1) is 0 Å². The molecule has 0 spiro atoms. The second kappa shape index (κ2) is 4.07. The van der Waals surface area contributed by atoms with Crippen LogP contribution in [0.2, 0.25) is 0 Å². The van der Waals surface area contributed by atoms with E-state index < -0.39 is 5.56 Å². The number of benzene rings is 1. The maximum absolute atomic E-state index is 11.3. The van der Waals surface area contributed by atoms with E-state index in [1.807, 2.05) is 6.07 Å². The zero-order valence-electron chi connectivity index (χ0n) is 9.73. The van der Waals surface area contributed by atoms with Crippen molar-refractivity contribution in [1.82, 2.24) is 10.2 Å². The minimum Gasteiger partial charge on any atom is -0.326 e. The Balaban J connectivity index is 2.14. The Morgan fingerprint density at radius 3 is 2.89 bits per heavy atom. The number of nitrogens with zero attached hydrogens (tertiary/aromatic N) is 2. The fourth-order valence-electron chi connectivity index (χ4n) is 2.08. The Morgan fingerprint density at radius 2 is 2.11 bits per heavy atom. The van der Waals surface area contributed by atoms with Gasteiger partial charge in [0.1, 0.15) is 11.8 Å². The number of fused-ring (bicyclic) bond motifs is 1. The van der Waals surface area contributed by atoms with Crippen LogP contribution in [0.4, 0.5) is 5.69 Å². The first-order chi connectivity index (χ1) is 9.17. The molecule has 0 saturated carbocycles. The molecule has 0 aliphatic carbocycles. The lowest BCUT2D eigenvalue weighted by molar-refractivity contribution is -0.115. The van der Waals surface area contributed by atoms with Crippen LogP contribution in [0.5, 0.6) is 0 Å². The van der Waals surface area contributed by atoms with E-state index in [1.54, 1.807) is 18.2 Å². The summed E-state index contributed by atoms with van der Waals surface area (Å²) in [7, 11) is 0. The topological polar surface area (TPSA) is 98.6 Å². The number of aromatic nitrogens is 2. The first-order valence-corrected chi connectivity index (χ1v) is 5.60.